The van der Waals surface area contributed by atoms with E-state index < -0.39 is 0 Å². The maximum absolute atomic E-state index is 12.9. The Hall–Kier alpha value is -3.13. The molecule has 8 heteroatoms. The van der Waals surface area contributed by atoms with Crippen molar-refractivity contribution < 1.29 is 8.94 Å². The van der Waals surface area contributed by atoms with Crippen molar-refractivity contribution in [2.24, 2.45) is 0 Å². The molecule has 1 aliphatic rings. The van der Waals surface area contributed by atoms with Crippen molar-refractivity contribution >= 4 is 5.65 Å². The number of rotatable bonds is 3. The summed E-state index contributed by atoms with van der Waals surface area (Å²) in [6.07, 6.45) is 0.668. The molecule has 8 nitrogen and oxygen atoms in total. The molecule has 138 valence electrons. The molecule has 1 aliphatic heterocycles. The third-order valence-corrected chi connectivity index (χ3v) is 4.92. The molecule has 0 amide bonds. The van der Waals surface area contributed by atoms with Crippen molar-refractivity contribution in [3.63, 3.8) is 0 Å². The molecule has 0 bridgehead atoms. The summed E-state index contributed by atoms with van der Waals surface area (Å²) in [7, 11) is 0. The van der Waals surface area contributed by atoms with E-state index in [1.165, 1.54) is 4.52 Å². The second kappa shape index (κ2) is 5.95. The molecule has 5 rings (SSSR count). The van der Waals surface area contributed by atoms with Gasteiger partial charge in [0.1, 0.15) is 23.0 Å². The van der Waals surface area contributed by atoms with Crippen LogP contribution in [0.2, 0.25) is 0 Å². The van der Waals surface area contributed by atoms with E-state index in [2.05, 4.69) is 15.2 Å². The van der Waals surface area contributed by atoms with E-state index in [0.29, 0.717) is 42.3 Å². The van der Waals surface area contributed by atoms with E-state index >= 15 is 0 Å². The quantitative estimate of drug-likeness (QED) is 0.599. The lowest BCUT2D eigenvalue weighted by Gasteiger charge is -2.26. The second-order valence-corrected chi connectivity index (χ2v) is 7.00. The summed E-state index contributed by atoms with van der Waals surface area (Å²) in [6.45, 7) is 5.91. The predicted octanol–water partition coefficient (Wildman–Crippen LogP) is 2.45. The molecular weight excluding hydrogens is 346 g/mol. The van der Waals surface area contributed by atoms with Crippen LogP contribution in [0.25, 0.3) is 17.0 Å². The highest BCUT2D eigenvalue weighted by Crippen LogP contribution is 2.21. The van der Waals surface area contributed by atoms with E-state index in [1.807, 2.05) is 38.1 Å². The number of H-pyrrole nitrogens is 1. The number of fused-ring (bicyclic) bond motifs is 2. The number of aromatic amines is 1. The highest BCUT2D eigenvalue weighted by Gasteiger charge is 2.23. The van der Waals surface area contributed by atoms with Crippen LogP contribution in [0.4, 0.5) is 0 Å². The standard InChI is InChI=1S/C19H19N5O3/c1-11-3-4-13(26-11)9-23-6-5-14-17(10-23)20-18-8-15(21-24(18)19(14)25)16-7-12(2)27-22-16/h3-4,7-8,21H,5-6,9-10H2,1-2H3. The van der Waals surface area contributed by atoms with Gasteiger partial charge in [0.05, 0.1) is 17.9 Å². The Morgan fingerprint density at radius 1 is 1.22 bits per heavy atom. The lowest BCUT2D eigenvalue weighted by molar-refractivity contribution is 0.220. The van der Waals surface area contributed by atoms with Crippen molar-refractivity contribution in [3.8, 4) is 11.4 Å². The van der Waals surface area contributed by atoms with E-state index in [-0.39, 0.29) is 5.56 Å². The summed E-state index contributed by atoms with van der Waals surface area (Å²) < 4.78 is 12.3. The van der Waals surface area contributed by atoms with E-state index in [0.717, 1.165) is 29.3 Å². The van der Waals surface area contributed by atoms with E-state index in [1.54, 1.807) is 0 Å². The summed E-state index contributed by atoms with van der Waals surface area (Å²) in [5.41, 5.74) is 3.51. The zero-order chi connectivity index (χ0) is 18.5. The van der Waals surface area contributed by atoms with Crippen molar-refractivity contribution in [3.05, 3.63) is 63.2 Å². The molecule has 0 aliphatic carbocycles. The summed E-state index contributed by atoms with van der Waals surface area (Å²) in [5, 5.41) is 7.09. The Balaban J connectivity index is 1.49. The van der Waals surface area contributed by atoms with Gasteiger partial charge in [-0.1, -0.05) is 5.16 Å². The Morgan fingerprint density at radius 3 is 2.85 bits per heavy atom. The van der Waals surface area contributed by atoms with Gasteiger partial charge in [-0.25, -0.2) is 9.50 Å². The number of hydrogen-bond acceptors (Lipinski definition) is 6. The predicted molar refractivity (Wildman–Crippen MR) is 97.3 cm³/mol. The minimum atomic E-state index is -0.0463. The van der Waals surface area contributed by atoms with Gasteiger partial charge < -0.3 is 8.94 Å². The van der Waals surface area contributed by atoms with Crippen LogP contribution in [-0.4, -0.2) is 31.2 Å². The Morgan fingerprint density at radius 2 is 2.11 bits per heavy atom. The molecular formula is C19H19N5O3. The zero-order valence-corrected chi connectivity index (χ0v) is 15.2. The SMILES string of the molecule is Cc1cc(-c2cc3nc4c(c(=O)n3[nH]2)CCN(Cc2ccc(C)o2)C4)no1. The zero-order valence-electron chi connectivity index (χ0n) is 15.2. The fourth-order valence-corrected chi connectivity index (χ4v) is 3.60. The van der Waals surface area contributed by atoms with Gasteiger partial charge in [0.15, 0.2) is 5.65 Å². The van der Waals surface area contributed by atoms with Gasteiger partial charge in [-0.2, -0.15) is 0 Å². The molecule has 5 heterocycles. The maximum atomic E-state index is 12.9. The third kappa shape index (κ3) is 2.78. The lowest BCUT2D eigenvalue weighted by atomic mass is 10.1. The molecule has 0 spiro atoms. The van der Waals surface area contributed by atoms with Gasteiger partial charge in [-0.15, -0.1) is 0 Å². The molecule has 0 aromatic carbocycles. The Kier molecular flexibility index (Phi) is 3.54. The lowest BCUT2D eigenvalue weighted by Crippen LogP contribution is -2.35. The van der Waals surface area contributed by atoms with Crippen molar-refractivity contribution in [1.29, 1.82) is 0 Å². The summed E-state index contributed by atoms with van der Waals surface area (Å²) in [5.74, 6) is 2.55. The largest absolute Gasteiger partial charge is 0.465 e. The van der Waals surface area contributed by atoms with Crippen LogP contribution < -0.4 is 5.56 Å². The van der Waals surface area contributed by atoms with Gasteiger partial charge in [0.2, 0.25) is 0 Å². The topological polar surface area (TPSA) is 92.6 Å². The van der Waals surface area contributed by atoms with Crippen LogP contribution in [0.5, 0.6) is 0 Å². The number of nitrogens with one attached hydrogen (secondary N) is 1. The number of hydrogen-bond donors (Lipinski definition) is 1. The van der Waals surface area contributed by atoms with Crippen molar-refractivity contribution in [1.82, 2.24) is 24.7 Å². The molecule has 0 radical (unpaired) electrons. The molecule has 27 heavy (non-hydrogen) atoms. The first-order valence-electron chi connectivity index (χ1n) is 8.92. The first-order valence-corrected chi connectivity index (χ1v) is 8.92. The summed E-state index contributed by atoms with van der Waals surface area (Å²) >= 11 is 0. The van der Waals surface area contributed by atoms with Gasteiger partial charge in [-0.3, -0.25) is 14.8 Å². The maximum Gasteiger partial charge on any atom is 0.276 e. The monoisotopic (exact) mass is 365 g/mol. The fraction of sp³-hybridized carbons (Fsp3) is 0.316. The molecule has 0 fully saturated rings. The van der Waals surface area contributed by atoms with Crippen molar-refractivity contribution in [2.75, 3.05) is 6.54 Å². The van der Waals surface area contributed by atoms with Crippen LogP contribution in [0.1, 0.15) is 28.5 Å². The average molecular weight is 365 g/mol. The van der Waals surface area contributed by atoms with Gasteiger partial charge >= 0.3 is 0 Å². The molecule has 0 saturated carbocycles. The molecule has 0 atom stereocenters. The van der Waals surface area contributed by atoms with Gasteiger partial charge in [0.25, 0.3) is 5.56 Å². The Bertz CT molecular complexity index is 1200. The molecule has 4 aromatic heterocycles. The smallest absolute Gasteiger partial charge is 0.276 e. The summed E-state index contributed by atoms with van der Waals surface area (Å²) in [6, 6.07) is 7.61. The van der Waals surface area contributed by atoms with Crippen LogP contribution in [0.3, 0.4) is 0 Å². The molecule has 4 aromatic rings. The number of aryl methyl sites for hydroxylation is 2. The van der Waals surface area contributed by atoms with Crippen LogP contribution in [0.15, 0.2) is 38.0 Å². The highest BCUT2D eigenvalue weighted by molar-refractivity contribution is 5.60. The van der Waals surface area contributed by atoms with Crippen molar-refractivity contribution in [2.45, 2.75) is 33.4 Å². The average Bonchev–Trinajstić information content (AvgIpc) is 3.35. The molecule has 1 N–H and O–H groups in total. The third-order valence-electron chi connectivity index (χ3n) is 4.92. The van der Waals surface area contributed by atoms with Crippen LogP contribution in [-0.2, 0) is 19.5 Å². The number of furan rings is 1. The second-order valence-electron chi connectivity index (χ2n) is 7.00. The first kappa shape index (κ1) is 16.1. The van der Waals surface area contributed by atoms with Gasteiger partial charge in [-0.05, 0) is 32.4 Å². The number of nitrogens with zero attached hydrogens (tertiary/aromatic N) is 4. The summed E-state index contributed by atoms with van der Waals surface area (Å²) in [4.78, 5) is 19.9. The fourth-order valence-electron chi connectivity index (χ4n) is 3.60. The normalized spacial score (nSPS) is 14.7. The minimum Gasteiger partial charge on any atom is -0.465 e. The van der Waals surface area contributed by atoms with Gasteiger partial charge in [0, 0.05) is 30.8 Å². The molecule has 0 unspecified atom stereocenters. The minimum absolute atomic E-state index is 0.0463. The van der Waals surface area contributed by atoms with E-state index in [4.69, 9.17) is 13.9 Å². The van der Waals surface area contributed by atoms with E-state index in [9.17, 15) is 4.79 Å². The van der Waals surface area contributed by atoms with Crippen LogP contribution >= 0.6 is 0 Å². The number of aromatic nitrogens is 4. The Labute approximate surface area is 154 Å². The first-order chi connectivity index (χ1) is 13.1. The molecule has 0 saturated heterocycles. The van der Waals surface area contributed by atoms with Crippen LogP contribution in [0, 0.1) is 13.8 Å². The highest BCUT2D eigenvalue weighted by atomic mass is 16.5.